The van der Waals surface area contributed by atoms with Gasteiger partial charge in [-0.15, -0.1) is 0 Å². The lowest BCUT2D eigenvalue weighted by molar-refractivity contribution is 0.102. The molecule has 5 nitrogen and oxygen atoms in total. The number of pyridine rings is 1. The van der Waals surface area contributed by atoms with Crippen LogP contribution >= 0.6 is 15.9 Å². The Labute approximate surface area is 141 Å². The van der Waals surface area contributed by atoms with Crippen LogP contribution in [0.3, 0.4) is 0 Å². The standard InChI is InChI=1S/C17H14BrN3O2/c18-13-4-6-14(7-5-13)21-17(22)12-3-8-16(19-10-12)20-11-15-2-1-9-23-15/h1-10H,11H2,(H,19,20)(H,21,22). The van der Waals surface area contributed by atoms with Gasteiger partial charge in [-0.2, -0.15) is 0 Å². The first-order chi connectivity index (χ1) is 11.2. The van der Waals surface area contributed by atoms with Gasteiger partial charge in [0.1, 0.15) is 11.6 Å². The Balaban J connectivity index is 1.59. The molecular formula is C17H14BrN3O2. The highest BCUT2D eigenvalue weighted by Gasteiger charge is 2.07. The Morgan fingerprint density at radius 3 is 2.61 bits per heavy atom. The van der Waals surface area contributed by atoms with Crippen molar-refractivity contribution in [2.24, 2.45) is 0 Å². The lowest BCUT2D eigenvalue weighted by Crippen LogP contribution is -2.12. The van der Waals surface area contributed by atoms with Crippen LogP contribution in [0.5, 0.6) is 0 Å². The largest absolute Gasteiger partial charge is 0.467 e. The molecular weight excluding hydrogens is 358 g/mol. The van der Waals surface area contributed by atoms with E-state index < -0.39 is 0 Å². The fourth-order valence-corrected chi connectivity index (χ4v) is 2.22. The number of furan rings is 1. The van der Waals surface area contributed by atoms with E-state index in [-0.39, 0.29) is 5.91 Å². The molecule has 0 fully saturated rings. The molecule has 0 saturated carbocycles. The minimum Gasteiger partial charge on any atom is -0.467 e. The number of carbonyl (C=O) groups excluding carboxylic acids is 1. The Morgan fingerprint density at radius 2 is 1.96 bits per heavy atom. The summed E-state index contributed by atoms with van der Waals surface area (Å²) in [6.07, 6.45) is 3.17. The van der Waals surface area contributed by atoms with Gasteiger partial charge >= 0.3 is 0 Å². The lowest BCUT2D eigenvalue weighted by atomic mass is 10.2. The molecule has 0 unspecified atom stereocenters. The summed E-state index contributed by atoms with van der Waals surface area (Å²) in [4.78, 5) is 16.4. The number of nitrogens with zero attached hydrogens (tertiary/aromatic N) is 1. The van der Waals surface area contributed by atoms with Gasteiger partial charge in [0.05, 0.1) is 18.4 Å². The second-order valence-corrected chi connectivity index (χ2v) is 5.74. The molecule has 3 rings (SSSR count). The van der Waals surface area contributed by atoms with Crippen molar-refractivity contribution in [1.29, 1.82) is 0 Å². The number of amides is 1. The Kier molecular flexibility index (Phi) is 4.73. The highest BCUT2D eigenvalue weighted by atomic mass is 79.9. The fraction of sp³-hybridized carbons (Fsp3) is 0.0588. The van der Waals surface area contributed by atoms with Gasteiger partial charge in [-0.05, 0) is 48.5 Å². The third-order valence-electron chi connectivity index (χ3n) is 3.15. The summed E-state index contributed by atoms with van der Waals surface area (Å²) in [6.45, 7) is 0.546. The van der Waals surface area contributed by atoms with E-state index in [1.807, 2.05) is 36.4 Å². The zero-order valence-electron chi connectivity index (χ0n) is 12.1. The number of benzene rings is 1. The van der Waals surface area contributed by atoms with Crippen LogP contribution in [0.2, 0.25) is 0 Å². The number of aromatic nitrogens is 1. The minimum atomic E-state index is -0.197. The fourth-order valence-electron chi connectivity index (χ4n) is 1.96. The molecule has 0 saturated heterocycles. The van der Waals surface area contributed by atoms with Crippen molar-refractivity contribution in [3.05, 3.63) is 76.8 Å². The second kappa shape index (κ2) is 7.11. The van der Waals surface area contributed by atoms with Crippen LogP contribution in [0.15, 0.2) is 69.9 Å². The quantitative estimate of drug-likeness (QED) is 0.701. The van der Waals surface area contributed by atoms with Crippen molar-refractivity contribution in [2.75, 3.05) is 10.6 Å². The van der Waals surface area contributed by atoms with Crippen LogP contribution in [0.25, 0.3) is 0 Å². The first kappa shape index (κ1) is 15.3. The molecule has 2 N–H and O–H groups in total. The van der Waals surface area contributed by atoms with Crippen LogP contribution in [0, 0.1) is 0 Å². The van der Waals surface area contributed by atoms with Crippen LogP contribution in [-0.4, -0.2) is 10.9 Å². The summed E-state index contributed by atoms with van der Waals surface area (Å²) in [7, 11) is 0. The number of rotatable bonds is 5. The van der Waals surface area contributed by atoms with Crippen molar-refractivity contribution < 1.29 is 9.21 Å². The topological polar surface area (TPSA) is 67.2 Å². The van der Waals surface area contributed by atoms with E-state index in [0.717, 1.165) is 15.9 Å². The predicted molar refractivity (Wildman–Crippen MR) is 92.4 cm³/mol. The molecule has 1 amide bonds. The third kappa shape index (κ3) is 4.20. The first-order valence-electron chi connectivity index (χ1n) is 7.00. The number of nitrogens with one attached hydrogen (secondary N) is 2. The maximum absolute atomic E-state index is 12.2. The summed E-state index contributed by atoms with van der Waals surface area (Å²) in [5.41, 5.74) is 1.23. The van der Waals surface area contributed by atoms with Crippen molar-refractivity contribution in [3.63, 3.8) is 0 Å². The SMILES string of the molecule is O=C(Nc1ccc(Br)cc1)c1ccc(NCc2ccco2)nc1. The summed E-state index contributed by atoms with van der Waals surface area (Å²) in [5.74, 6) is 1.31. The molecule has 0 aliphatic rings. The third-order valence-corrected chi connectivity index (χ3v) is 3.68. The number of halogens is 1. The molecule has 3 aromatic rings. The molecule has 0 aliphatic carbocycles. The Hall–Kier alpha value is -2.60. The number of anilines is 2. The molecule has 2 aromatic heterocycles. The van der Waals surface area contributed by atoms with Crippen molar-refractivity contribution in [2.45, 2.75) is 6.54 Å². The molecule has 0 bridgehead atoms. The maximum Gasteiger partial charge on any atom is 0.257 e. The van der Waals surface area contributed by atoms with E-state index in [0.29, 0.717) is 17.9 Å². The average molecular weight is 372 g/mol. The van der Waals surface area contributed by atoms with E-state index in [1.54, 1.807) is 24.6 Å². The molecule has 0 spiro atoms. The summed E-state index contributed by atoms with van der Waals surface area (Å²) in [5, 5.41) is 5.95. The van der Waals surface area contributed by atoms with Gasteiger partial charge in [-0.25, -0.2) is 4.98 Å². The summed E-state index contributed by atoms with van der Waals surface area (Å²) in [6, 6.07) is 14.6. The van der Waals surface area contributed by atoms with Crippen LogP contribution in [0.1, 0.15) is 16.1 Å². The zero-order chi connectivity index (χ0) is 16.1. The number of hydrogen-bond acceptors (Lipinski definition) is 4. The van der Waals surface area contributed by atoms with E-state index in [4.69, 9.17) is 4.42 Å². The van der Waals surface area contributed by atoms with Gasteiger partial charge in [0, 0.05) is 16.4 Å². The Morgan fingerprint density at radius 1 is 1.13 bits per heavy atom. The summed E-state index contributed by atoms with van der Waals surface area (Å²) < 4.78 is 6.20. The van der Waals surface area contributed by atoms with E-state index in [1.165, 1.54) is 0 Å². The second-order valence-electron chi connectivity index (χ2n) is 4.83. The van der Waals surface area contributed by atoms with Gasteiger partial charge in [0.25, 0.3) is 5.91 Å². The van der Waals surface area contributed by atoms with Gasteiger partial charge in [-0.3, -0.25) is 4.79 Å². The maximum atomic E-state index is 12.2. The van der Waals surface area contributed by atoms with Crippen molar-refractivity contribution in [1.82, 2.24) is 4.98 Å². The van der Waals surface area contributed by atoms with Gasteiger partial charge < -0.3 is 15.1 Å². The molecule has 0 aliphatic heterocycles. The van der Waals surface area contributed by atoms with Gasteiger partial charge in [-0.1, -0.05) is 15.9 Å². The average Bonchev–Trinajstić information content (AvgIpc) is 3.09. The van der Waals surface area contributed by atoms with Crippen LogP contribution in [-0.2, 0) is 6.54 Å². The first-order valence-corrected chi connectivity index (χ1v) is 7.79. The zero-order valence-corrected chi connectivity index (χ0v) is 13.7. The summed E-state index contributed by atoms with van der Waals surface area (Å²) >= 11 is 3.36. The van der Waals surface area contributed by atoms with Gasteiger partial charge in [0.2, 0.25) is 0 Å². The van der Waals surface area contributed by atoms with E-state index >= 15 is 0 Å². The normalized spacial score (nSPS) is 10.3. The molecule has 1 aromatic carbocycles. The molecule has 0 radical (unpaired) electrons. The molecule has 23 heavy (non-hydrogen) atoms. The highest BCUT2D eigenvalue weighted by Crippen LogP contribution is 2.15. The highest BCUT2D eigenvalue weighted by molar-refractivity contribution is 9.10. The molecule has 0 atom stereocenters. The van der Waals surface area contributed by atoms with Gasteiger partial charge in [0.15, 0.2) is 0 Å². The van der Waals surface area contributed by atoms with Crippen molar-refractivity contribution >= 4 is 33.3 Å². The predicted octanol–water partition coefficient (Wildman–Crippen LogP) is 4.30. The molecule has 2 heterocycles. The molecule has 116 valence electrons. The lowest BCUT2D eigenvalue weighted by Gasteiger charge is -2.07. The Bertz CT molecular complexity index is 769. The van der Waals surface area contributed by atoms with E-state index in [9.17, 15) is 4.79 Å². The number of carbonyl (C=O) groups is 1. The minimum absolute atomic E-state index is 0.197. The monoisotopic (exact) mass is 371 g/mol. The smallest absolute Gasteiger partial charge is 0.257 e. The number of hydrogen-bond donors (Lipinski definition) is 2. The van der Waals surface area contributed by atoms with Crippen molar-refractivity contribution in [3.8, 4) is 0 Å². The van der Waals surface area contributed by atoms with Crippen LogP contribution < -0.4 is 10.6 Å². The molecule has 6 heteroatoms. The van der Waals surface area contributed by atoms with E-state index in [2.05, 4.69) is 31.5 Å². The van der Waals surface area contributed by atoms with Crippen LogP contribution in [0.4, 0.5) is 11.5 Å².